The standard InChI is InChI=1S/C9H10N4O3S/c1-15-8(14)5-13-9(10-11-12-13)17-6-7-3-2-4-16-7/h2-4H,5-6H2,1H3. The third kappa shape index (κ3) is 3.06. The van der Waals surface area contributed by atoms with Gasteiger partial charge in [-0.1, -0.05) is 11.8 Å². The summed E-state index contributed by atoms with van der Waals surface area (Å²) in [6, 6.07) is 3.68. The number of furan rings is 1. The molecule has 0 bridgehead atoms. The summed E-state index contributed by atoms with van der Waals surface area (Å²) in [5.74, 6) is 1.04. The summed E-state index contributed by atoms with van der Waals surface area (Å²) >= 11 is 1.39. The molecule has 0 unspecified atom stereocenters. The molecular weight excluding hydrogens is 244 g/mol. The summed E-state index contributed by atoms with van der Waals surface area (Å²) in [4.78, 5) is 11.1. The van der Waals surface area contributed by atoms with Gasteiger partial charge in [0.2, 0.25) is 5.16 Å². The predicted octanol–water partition coefficient (Wildman–Crippen LogP) is 0.731. The zero-order chi connectivity index (χ0) is 12.1. The largest absolute Gasteiger partial charge is 0.468 e. The minimum absolute atomic E-state index is 0.00396. The van der Waals surface area contributed by atoms with E-state index in [1.165, 1.54) is 23.6 Å². The highest BCUT2D eigenvalue weighted by molar-refractivity contribution is 7.98. The zero-order valence-electron chi connectivity index (χ0n) is 9.07. The van der Waals surface area contributed by atoms with E-state index in [0.717, 1.165) is 5.76 Å². The second kappa shape index (κ2) is 5.48. The molecule has 7 nitrogen and oxygen atoms in total. The Hall–Kier alpha value is -1.83. The lowest BCUT2D eigenvalue weighted by Gasteiger charge is -2.01. The van der Waals surface area contributed by atoms with Gasteiger partial charge in [0.1, 0.15) is 12.3 Å². The van der Waals surface area contributed by atoms with Gasteiger partial charge in [0, 0.05) is 0 Å². The lowest BCUT2D eigenvalue weighted by Crippen LogP contribution is -2.13. The Balaban J connectivity index is 1.96. The van der Waals surface area contributed by atoms with Gasteiger partial charge in [-0.15, -0.1) is 5.10 Å². The van der Waals surface area contributed by atoms with E-state index in [9.17, 15) is 4.79 Å². The summed E-state index contributed by atoms with van der Waals surface area (Å²) in [6.07, 6.45) is 1.60. The summed E-state index contributed by atoms with van der Waals surface area (Å²) < 4.78 is 11.1. The number of ether oxygens (including phenoxy) is 1. The van der Waals surface area contributed by atoms with Gasteiger partial charge in [-0.2, -0.15) is 0 Å². The van der Waals surface area contributed by atoms with Crippen molar-refractivity contribution in [2.24, 2.45) is 0 Å². The number of tetrazole rings is 1. The highest BCUT2D eigenvalue weighted by Gasteiger charge is 2.11. The maximum atomic E-state index is 11.1. The van der Waals surface area contributed by atoms with Crippen molar-refractivity contribution in [3.05, 3.63) is 24.2 Å². The van der Waals surface area contributed by atoms with Crippen molar-refractivity contribution in [1.29, 1.82) is 0 Å². The van der Waals surface area contributed by atoms with Crippen molar-refractivity contribution in [3.8, 4) is 0 Å². The molecule has 2 aromatic heterocycles. The van der Waals surface area contributed by atoms with Crippen molar-refractivity contribution in [2.45, 2.75) is 17.5 Å². The van der Waals surface area contributed by atoms with Gasteiger partial charge >= 0.3 is 5.97 Å². The lowest BCUT2D eigenvalue weighted by molar-refractivity contribution is -0.141. The smallest absolute Gasteiger partial charge is 0.327 e. The van der Waals surface area contributed by atoms with Gasteiger partial charge in [-0.05, 0) is 22.6 Å². The molecule has 0 amide bonds. The van der Waals surface area contributed by atoms with Crippen LogP contribution in [0.4, 0.5) is 0 Å². The molecule has 0 atom stereocenters. The van der Waals surface area contributed by atoms with Gasteiger partial charge in [0.15, 0.2) is 0 Å². The van der Waals surface area contributed by atoms with Crippen LogP contribution in [0.3, 0.4) is 0 Å². The van der Waals surface area contributed by atoms with Crippen LogP contribution in [-0.4, -0.2) is 33.3 Å². The normalized spacial score (nSPS) is 10.4. The molecule has 0 saturated carbocycles. The number of methoxy groups -OCH3 is 1. The van der Waals surface area contributed by atoms with Crippen molar-refractivity contribution in [1.82, 2.24) is 20.2 Å². The molecule has 0 saturated heterocycles. The fourth-order valence-electron chi connectivity index (χ4n) is 1.12. The van der Waals surface area contributed by atoms with Crippen molar-refractivity contribution in [3.63, 3.8) is 0 Å². The van der Waals surface area contributed by atoms with Gasteiger partial charge in [-0.3, -0.25) is 4.79 Å². The maximum absolute atomic E-state index is 11.1. The van der Waals surface area contributed by atoms with Crippen molar-refractivity contribution in [2.75, 3.05) is 7.11 Å². The zero-order valence-corrected chi connectivity index (χ0v) is 9.88. The van der Waals surface area contributed by atoms with Crippen LogP contribution in [0, 0.1) is 0 Å². The molecule has 2 heterocycles. The molecule has 0 aliphatic carbocycles. The number of carbonyl (C=O) groups excluding carboxylic acids is 1. The van der Waals surface area contributed by atoms with Crippen molar-refractivity contribution < 1.29 is 13.9 Å². The number of esters is 1. The molecule has 0 radical (unpaired) electrons. The van der Waals surface area contributed by atoms with E-state index in [4.69, 9.17) is 4.42 Å². The molecule has 0 spiro atoms. The number of hydrogen-bond donors (Lipinski definition) is 0. The summed E-state index contributed by atoms with van der Waals surface area (Å²) in [7, 11) is 1.32. The van der Waals surface area contributed by atoms with Crippen LogP contribution in [0.1, 0.15) is 5.76 Å². The summed E-state index contributed by atoms with van der Waals surface area (Å²) in [5, 5.41) is 11.6. The van der Waals surface area contributed by atoms with Gasteiger partial charge in [-0.25, -0.2) is 4.68 Å². The van der Waals surface area contributed by atoms with Gasteiger partial charge in [0.25, 0.3) is 0 Å². The monoisotopic (exact) mass is 254 g/mol. The van der Waals surface area contributed by atoms with E-state index >= 15 is 0 Å². The average molecular weight is 254 g/mol. The topological polar surface area (TPSA) is 83.0 Å². The third-order valence-corrected chi connectivity index (χ3v) is 2.91. The second-order valence-corrected chi connectivity index (χ2v) is 4.01. The van der Waals surface area contributed by atoms with Crippen LogP contribution in [0.15, 0.2) is 28.0 Å². The minimum atomic E-state index is -0.392. The molecule has 8 heteroatoms. The highest BCUT2D eigenvalue weighted by Crippen LogP contribution is 2.19. The first-order valence-electron chi connectivity index (χ1n) is 4.78. The first kappa shape index (κ1) is 11.6. The molecule has 0 N–H and O–H groups in total. The molecule has 2 rings (SSSR count). The number of nitrogens with zero attached hydrogens (tertiary/aromatic N) is 4. The maximum Gasteiger partial charge on any atom is 0.327 e. The van der Waals surface area contributed by atoms with E-state index in [-0.39, 0.29) is 6.54 Å². The Bertz CT molecular complexity index is 482. The Morgan fingerprint density at radius 1 is 1.65 bits per heavy atom. The first-order chi connectivity index (χ1) is 8.29. The predicted molar refractivity (Wildman–Crippen MR) is 58.1 cm³/mol. The minimum Gasteiger partial charge on any atom is -0.468 e. The Labute approximate surface area is 101 Å². The number of carbonyl (C=O) groups is 1. The number of thioether (sulfide) groups is 1. The SMILES string of the molecule is COC(=O)Cn1nnnc1SCc1ccco1. The van der Waals surface area contributed by atoms with E-state index in [2.05, 4.69) is 20.3 Å². The van der Waals surface area contributed by atoms with Gasteiger partial charge in [0.05, 0.1) is 19.1 Å². The fourth-order valence-corrected chi connectivity index (χ4v) is 1.90. The van der Waals surface area contributed by atoms with Crippen LogP contribution in [-0.2, 0) is 21.8 Å². The Kier molecular flexibility index (Phi) is 3.76. The molecule has 0 aliphatic heterocycles. The molecule has 0 aromatic carbocycles. The van der Waals surface area contributed by atoms with E-state index < -0.39 is 5.97 Å². The highest BCUT2D eigenvalue weighted by atomic mass is 32.2. The van der Waals surface area contributed by atoms with E-state index in [1.807, 2.05) is 12.1 Å². The molecule has 17 heavy (non-hydrogen) atoms. The number of rotatable bonds is 5. The van der Waals surface area contributed by atoms with E-state index in [1.54, 1.807) is 6.26 Å². The number of hydrogen-bond acceptors (Lipinski definition) is 7. The first-order valence-corrected chi connectivity index (χ1v) is 5.76. The third-order valence-electron chi connectivity index (χ3n) is 1.93. The van der Waals surface area contributed by atoms with Crippen LogP contribution in [0.25, 0.3) is 0 Å². The fraction of sp³-hybridized carbons (Fsp3) is 0.333. The van der Waals surface area contributed by atoms with Gasteiger partial charge < -0.3 is 9.15 Å². The molecule has 0 aliphatic rings. The van der Waals surface area contributed by atoms with Crippen LogP contribution in [0.5, 0.6) is 0 Å². The molecule has 90 valence electrons. The van der Waals surface area contributed by atoms with E-state index in [0.29, 0.717) is 10.9 Å². The van der Waals surface area contributed by atoms with Crippen LogP contribution < -0.4 is 0 Å². The summed E-state index contributed by atoms with van der Waals surface area (Å²) in [6.45, 7) is 0.00396. The second-order valence-electron chi connectivity index (χ2n) is 3.06. The Morgan fingerprint density at radius 2 is 2.53 bits per heavy atom. The Morgan fingerprint density at radius 3 is 3.24 bits per heavy atom. The quantitative estimate of drug-likeness (QED) is 0.574. The number of aromatic nitrogens is 4. The van der Waals surface area contributed by atoms with Crippen LogP contribution in [0.2, 0.25) is 0 Å². The molecule has 2 aromatic rings. The lowest BCUT2D eigenvalue weighted by atomic mass is 10.5. The van der Waals surface area contributed by atoms with Crippen LogP contribution >= 0.6 is 11.8 Å². The molecular formula is C9H10N4O3S. The molecule has 0 fully saturated rings. The summed E-state index contributed by atoms with van der Waals surface area (Å²) in [5.41, 5.74) is 0. The van der Waals surface area contributed by atoms with Crippen molar-refractivity contribution >= 4 is 17.7 Å². The average Bonchev–Trinajstić information content (AvgIpc) is 2.97.